The Labute approximate surface area is 243 Å². The van der Waals surface area contributed by atoms with Crippen molar-refractivity contribution in [2.45, 2.75) is 99.1 Å². The number of carbonyl (C=O) groups is 4. The van der Waals surface area contributed by atoms with Gasteiger partial charge in [0.15, 0.2) is 11.5 Å². The van der Waals surface area contributed by atoms with E-state index in [0.717, 1.165) is 12.8 Å². The van der Waals surface area contributed by atoms with E-state index >= 15 is 0 Å². The topological polar surface area (TPSA) is 161 Å². The molecule has 1 aromatic carbocycles. The lowest BCUT2D eigenvalue weighted by molar-refractivity contribution is -0.159. The van der Waals surface area contributed by atoms with Crippen LogP contribution >= 0.6 is 0 Å². The van der Waals surface area contributed by atoms with Crippen molar-refractivity contribution in [2.24, 2.45) is 23.0 Å². The number of rotatable bonds is 16. The van der Waals surface area contributed by atoms with E-state index in [1.165, 1.54) is 18.2 Å². The summed E-state index contributed by atoms with van der Waals surface area (Å²) >= 11 is 0. The molecule has 11 nitrogen and oxygen atoms in total. The normalized spacial score (nSPS) is 15.0. The summed E-state index contributed by atoms with van der Waals surface area (Å²) in [4.78, 5) is 49.3. The van der Waals surface area contributed by atoms with Crippen LogP contribution in [0.4, 0.5) is 9.59 Å². The highest BCUT2D eigenvalue weighted by molar-refractivity contribution is 5.76. The van der Waals surface area contributed by atoms with E-state index in [2.05, 4.69) is 0 Å². The molecular formula is C30H47NO10. The minimum Gasteiger partial charge on any atom is -0.480 e. The number of benzene rings is 1. The highest BCUT2D eigenvalue weighted by atomic mass is 16.7. The van der Waals surface area contributed by atoms with Crippen molar-refractivity contribution in [2.75, 3.05) is 13.2 Å². The molecule has 232 valence electrons. The molecule has 0 bridgehead atoms. The largest absolute Gasteiger partial charge is 0.513 e. The minimum atomic E-state index is -1.38. The second-order valence-electron chi connectivity index (χ2n) is 11.2. The number of hydrogen-bond acceptors (Lipinski definition) is 10. The van der Waals surface area contributed by atoms with Crippen LogP contribution in [0.1, 0.15) is 92.6 Å². The molecule has 0 aliphatic rings. The van der Waals surface area contributed by atoms with Crippen LogP contribution in [0, 0.1) is 17.3 Å². The molecule has 0 saturated carbocycles. The molecule has 0 spiro atoms. The van der Waals surface area contributed by atoms with Crippen LogP contribution in [0.2, 0.25) is 0 Å². The first-order chi connectivity index (χ1) is 19.1. The van der Waals surface area contributed by atoms with Gasteiger partial charge >= 0.3 is 24.2 Å². The average molecular weight is 582 g/mol. The Morgan fingerprint density at radius 2 is 1.39 bits per heavy atom. The SMILES string of the molecule is CCC(C)COC(=O)Oc1ccc(C(CC(C)OC(=O)C(C)(C)CC)[C@H](N)C(=O)O)cc1OC(=O)OCC(C)CC. The fourth-order valence-electron chi connectivity index (χ4n) is 3.37. The molecule has 41 heavy (non-hydrogen) atoms. The summed E-state index contributed by atoms with van der Waals surface area (Å²) in [6.07, 6.45) is -0.490. The Hall–Kier alpha value is -3.34. The summed E-state index contributed by atoms with van der Waals surface area (Å²) in [5.41, 5.74) is 5.71. The molecule has 4 unspecified atom stereocenters. The molecule has 0 aliphatic carbocycles. The molecule has 5 atom stereocenters. The van der Waals surface area contributed by atoms with Gasteiger partial charge in [-0.3, -0.25) is 9.59 Å². The Kier molecular flexibility index (Phi) is 14.6. The fourth-order valence-corrected chi connectivity index (χ4v) is 3.37. The van der Waals surface area contributed by atoms with Crippen molar-refractivity contribution in [3.63, 3.8) is 0 Å². The Bertz CT molecular complexity index is 1020. The molecule has 0 fully saturated rings. The van der Waals surface area contributed by atoms with Crippen molar-refractivity contribution in [3.05, 3.63) is 23.8 Å². The van der Waals surface area contributed by atoms with Gasteiger partial charge in [-0.15, -0.1) is 0 Å². The van der Waals surface area contributed by atoms with Gasteiger partial charge in [0.2, 0.25) is 0 Å². The van der Waals surface area contributed by atoms with E-state index in [4.69, 9.17) is 29.4 Å². The lowest BCUT2D eigenvalue weighted by atomic mass is 9.86. The number of carbonyl (C=O) groups excluding carboxylic acids is 3. The summed E-state index contributed by atoms with van der Waals surface area (Å²) in [5.74, 6) is -2.64. The zero-order valence-electron chi connectivity index (χ0n) is 25.6. The Morgan fingerprint density at radius 3 is 1.85 bits per heavy atom. The standard InChI is InChI=1S/C30H47NO10/c1-9-18(4)16-37-28(35)40-23-13-12-21(15-24(23)41-29(36)38-17-19(5)10-2)22(25(31)26(32)33)14-20(6)39-27(34)30(7,8)11-3/h12-13,15,18-20,22,25H,9-11,14,16-17,31H2,1-8H3,(H,32,33)/t18?,19?,20?,22?,25-/m0/s1. The first-order valence-electron chi connectivity index (χ1n) is 14.2. The summed E-state index contributed by atoms with van der Waals surface area (Å²) < 4.78 is 26.6. The number of carboxylic acids is 1. The molecule has 0 heterocycles. The van der Waals surface area contributed by atoms with Crippen LogP contribution in [-0.4, -0.2) is 54.7 Å². The first kappa shape index (κ1) is 35.7. The zero-order valence-corrected chi connectivity index (χ0v) is 25.6. The van der Waals surface area contributed by atoms with Gasteiger partial charge in [0, 0.05) is 5.92 Å². The van der Waals surface area contributed by atoms with Crippen LogP contribution in [0.15, 0.2) is 18.2 Å². The van der Waals surface area contributed by atoms with Gasteiger partial charge in [-0.05, 0) is 63.1 Å². The highest BCUT2D eigenvalue weighted by Gasteiger charge is 2.33. The number of carboxylic acid groups (broad SMARTS) is 1. The van der Waals surface area contributed by atoms with Crippen LogP contribution in [0.3, 0.4) is 0 Å². The molecule has 0 aromatic heterocycles. The third-order valence-electron chi connectivity index (χ3n) is 7.20. The van der Waals surface area contributed by atoms with Gasteiger partial charge < -0.3 is 34.5 Å². The van der Waals surface area contributed by atoms with Gasteiger partial charge in [-0.2, -0.15) is 0 Å². The number of hydrogen-bond donors (Lipinski definition) is 2. The molecule has 3 N–H and O–H groups in total. The van der Waals surface area contributed by atoms with Crippen LogP contribution in [0.25, 0.3) is 0 Å². The molecule has 1 aromatic rings. The second-order valence-corrected chi connectivity index (χ2v) is 11.2. The fraction of sp³-hybridized carbons (Fsp3) is 0.667. The third-order valence-corrected chi connectivity index (χ3v) is 7.20. The third kappa shape index (κ3) is 12.0. The van der Waals surface area contributed by atoms with E-state index in [0.29, 0.717) is 12.0 Å². The van der Waals surface area contributed by atoms with E-state index in [-0.39, 0.29) is 43.0 Å². The Morgan fingerprint density at radius 1 is 0.878 bits per heavy atom. The van der Waals surface area contributed by atoms with E-state index in [9.17, 15) is 24.3 Å². The summed E-state index contributed by atoms with van der Waals surface area (Å²) in [7, 11) is 0. The van der Waals surface area contributed by atoms with Gasteiger partial charge in [0.25, 0.3) is 0 Å². The van der Waals surface area contributed by atoms with Crippen LogP contribution in [-0.2, 0) is 23.8 Å². The molecule has 11 heteroatoms. The van der Waals surface area contributed by atoms with Crippen molar-refractivity contribution in [1.29, 1.82) is 0 Å². The maximum atomic E-state index is 12.6. The van der Waals surface area contributed by atoms with Crippen LogP contribution < -0.4 is 15.2 Å². The van der Waals surface area contributed by atoms with Crippen molar-refractivity contribution < 1.29 is 48.0 Å². The Balaban J connectivity index is 3.34. The molecule has 0 radical (unpaired) electrons. The smallest absolute Gasteiger partial charge is 0.480 e. The quantitative estimate of drug-likeness (QED) is 0.133. The number of ether oxygens (including phenoxy) is 5. The second kappa shape index (κ2) is 16.8. The summed E-state index contributed by atoms with van der Waals surface area (Å²) in [6, 6.07) is 2.84. The van der Waals surface area contributed by atoms with Gasteiger partial charge in [-0.1, -0.05) is 53.5 Å². The monoisotopic (exact) mass is 581 g/mol. The van der Waals surface area contributed by atoms with E-state index < -0.39 is 47.7 Å². The molecule has 0 saturated heterocycles. The van der Waals surface area contributed by atoms with E-state index in [1.54, 1.807) is 20.8 Å². The first-order valence-corrected chi connectivity index (χ1v) is 14.2. The van der Waals surface area contributed by atoms with E-state index in [1.807, 2.05) is 34.6 Å². The minimum absolute atomic E-state index is 0.0635. The van der Waals surface area contributed by atoms with Crippen molar-refractivity contribution in [3.8, 4) is 11.5 Å². The van der Waals surface area contributed by atoms with Gasteiger partial charge in [-0.25, -0.2) is 9.59 Å². The maximum Gasteiger partial charge on any atom is 0.513 e. The number of esters is 1. The highest BCUT2D eigenvalue weighted by Crippen LogP contribution is 2.35. The number of nitrogens with two attached hydrogens (primary N) is 1. The molecular weight excluding hydrogens is 534 g/mol. The molecule has 1 rings (SSSR count). The number of aliphatic carboxylic acids is 1. The van der Waals surface area contributed by atoms with Crippen molar-refractivity contribution >= 4 is 24.2 Å². The lowest BCUT2D eigenvalue weighted by Crippen LogP contribution is -2.39. The summed E-state index contributed by atoms with van der Waals surface area (Å²) in [6.45, 7) is 15.0. The van der Waals surface area contributed by atoms with Gasteiger partial charge in [0.1, 0.15) is 6.04 Å². The zero-order chi connectivity index (χ0) is 31.3. The lowest BCUT2D eigenvalue weighted by Gasteiger charge is -2.28. The van der Waals surface area contributed by atoms with Crippen molar-refractivity contribution in [1.82, 2.24) is 0 Å². The molecule has 0 aliphatic heterocycles. The van der Waals surface area contributed by atoms with Gasteiger partial charge in [0.05, 0.1) is 24.7 Å². The van der Waals surface area contributed by atoms with Crippen LogP contribution in [0.5, 0.6) is 11.5 Å². The molecule has 0 amide bonds. The predicted molar refractivity (Wildman–Crippen MR) is 152 cm³/mol. The maximum absolute atomic E-state index is 12.6. The average Bonchev–Trinajstić information content (AvgIpc) is 2.93. The predicted octanol–water partition coefficient (Wildman–Crippen LogP) is 6.06. The summed E-state index contributed by atoms with van der Waals surface area (Å²) in [5, 5.41) is 9.71.